The van der Waals surface area contributed by atoms with Gasteiger partial charge in [-0.2, -0.15) is 11.8 Å². The zero-order valence-corrected chi connectivity index (χ0v) is 18.1. The van der Waals surface area contributed by atoms with Gasteiger partial charge in [-0.25, -0.2) is 0 Å². The molecule has 3 atom stereocenters. The Hall–Kier alpha value is -1.48. The van der Waals surface area contributed by atoms with Gasteiger partial charge >= 0.3 is 17.9 Å². The molecule has 0 fully saturated rings. The second-order valence-corrected chi connectivity index (χ2v) is 7.91. The van der Waals surface area contributed by atoms with E-state index in [4.69, 9.17) is 29.9 Å². The van der Waals surface area contributed by atoms with Crippen molar-refractivity contribution in [2.75, 3.05) is 57.6 Å². The van der Waals surface area contributed by atoms with Gasteiger partial charge in [0.25, 0.3) is 0 Å². The van der Waals surface area contributed by atoms with Crippen LogP contribution in [0.1, 0.15) is 19.3 Å². The monoisotopic (exact) mass is 471 g/mol. The average Bonchev–Trinajstić information content (AvgIpc) is 2.68. The lowest BCUT2D eigenvalue weighted by Gasteiger charge is -2.25. The van der Waals surface area contributed by atoms with Crippen LogP contribution in [-0.2, 0) is 23.9 Å². The average molecular weight is 472 g/mol. The number of hydrogen-bond donors (Lipinski definition) is 6. The van der Waals surface area contributed by atoms with Crippen LogP contribution in [0, 0.1) is 0 Å². The van der Waals surface area contributed by atoms with Crippen LogP contribution in [0.4, 0.5) is 0 Å². The molecule has 0 aliphatic heterocycles. The van der Waals surface area contributed by atoms with Gasteiger partial charge in [0, 0.05) is 19.0 Å². The number of carboxylic acids is 3. The van der Waals surface area contributed by atoms with Crippen molar-refractivity contribution >= 4 is 29.7 Å². The summed E-state index contributed by atoms with van der Waals surface area (Å²) >= 11 is 1.26. The van der Waals surface area contributed by atoms with Gasteiger partial charge in [0.05, 0.1) is 39.0 Å². The van der Waals surface area contributed by atoms with Crippen LogP contribution in [0.5, 0.6) is 0 Å². The minimum atomic E-state index is -1.32. The topological polar surface area (TPSA) is 194 Å². The summed E-state index contributed by atoms with van der Waals surface area (Å²) in [6.45, 7) is -0.740. The molecule has 0 aliphatic carbocycles. The predicted octanol–water partition coefficient (Wildman–Crippen LogP) is -1.44. The molecule has 182 valence electrons. The molecule has 6 N–H and O–H groups in total. The molecule has 0 aromatic rings. The minimum Gasteiger partial charge on any atom is -0.480 e. The van der Waals surface area contributed by atoms with E-state index >= 15 is 0 Å². The molecular weight excluding hydrogens is 438 g/mol. The van der Waals surface area contributed by atoms with Gasteiger partial charge in [-0.1, -0.05) is 0 Å². The molecule has 0 aliphatic rings. The fraction of sp³-hybridized carbons (Fsp3) is 0.833. The second kappa shape index (κ2) is 18.1. The van der Waals surface area contributed by atoms with Gasteiger partial charge in [0.2, 0.25) is 0 Å². The summed E-state index contributed by atoms with van der Waals surface area (Å²) in [6, 6.07) is -1.26. The lowest BCUT2D eigenvalue weighted by molar-refractivity contribution is -0.149. The summed E-state index contributed by atoms with van der Waals surface area (Å²) < 4.78 is 10.5. The Morgan fingerprint density at radius 1 is 0.871 bits per heavy atom. The molecule has 0 saturated carbocycles. The molecule has 0 amide bonds. The summed E-state index contributed by atoms with van der Waals surface area (Å²) in [5.74, 6) is -3.36. The fourth-order valence-electron chi connectivity index (χ4n) is 2.45. The number of aliphatic carboxylic acids is 3. The molecular formula is C18H33NO11S. The van der Waals surface area contributed by atoms with Crippen molar-refractivity contribution < 1.29 is 54.5 Å². The first-order valence-corrected chi connectivity index (χ1v) is 10.9. The Bertz CT molecular complexity index is 507. The molecule has 0 saturated heterocycles. The quantitative estimate of drug-likeness (QED) is 0.107. The van der Waals surface area contributed by atoms with E-state index in [1.54, 1.807) is 0 Å². The third-order valence-electron chi connectivity index (χ3n) is 3.91. The number of unbranched alkanes of at least 4 members (excludes halogenated alkanes) is 1. The van der Waals surface area contributed by atoms with Crippen molar-refractivity contribution in [3.63, 3.8) is 0 Å². The van der Waals surface area contributed by atoms with E-state index < -0.39 is 49.2 Å². The normalized spacial score (nSPS) is 14.3. The largest absolute Gasteiger partial charge is 0.480 e. The van der Waals surface area contributed by atoms with Gasteiger partial charge in [-0.15, -0.1) is 0 Å². The fourth-order valence-corrected chi connectivity index (χ4v) is 3.37. The maximum atomic E-state index is 11.4. The third kappa shape index (κ3) is 16.8. The molecule has 0 rings (SSSR count). The van der Waals surface area contributed by atoms with Gasteiger partial charge in [-0.3, -0.25) is 19.3 Å². The van der Waals surface area contributed by atoms with Crippen molar-refractivity contribution in [3.8, 4) is 0 Å². The second-order valence-electron chi connectivity index (χ2n) is 6.76. The van der Waals surface area contributed by atoms with E-state index in [1.807, 2.05) is 0 Å². The molecule has 3 unspecified atom stereocenters. The van der Waals surface area contributed by atoms with E-state index in [1.165, 1.54) is 11.8 Å². The highest BCUT2D eigenvalue weighted by Gasteiger charge is 2.28. The summed E-state index contributed by atoms with van der Waals surface area (Å²) in [5.41, 5.74) is 0. The number of ether oxygens (including phenoxy) is 2. The summed E-state index contributed by atoms with van der Waals surface area (Å²) in [6.07, 6.45) is -0.231. The lowest BCUT2D eigenvalue weighted by atomic mass is 10.2. The van der Waals surface area contributed by atoms with Crippen molar-refractivity contribution in [1.82, 2.24) is 4.90 Å². The van der Waals surface area contributed by atoms with Gasteiger partial charge in [0.1, 0.15) is 12.1 Å². The molecule has 0 aromatic heterocycles. The number of carboxylic acid groups (broad SMARTS) is 3. The highest BCUT2D eigenvalue weighted by Crippen LogP contribution is 2.12. The highest BCUT2D eigenvalue weighted by molar-refractivity contribution is 7.99. The lowest BCUT2D eigenvalue weighted by Crippen LogP contribution is -2.46. The standard InChI is InChI=1S/C18H33NO11S/c20-9-13(21)10-29-4-1-2-5-30-11-14(22)12-31-6-3-15(18(27)28)19(7-16(23)24)8-17(25)26/h13-15,20-22H,1-12H2,(H,23,24)(H,25,26)(H,27,28). The zero-order chi connectivity index (χ0) is 23.6. The SMILES string of the molecule is O=C(O)CN(CC(=O)O)C(CCSCC(O)COCCCCOCC(O)CO)C(=O)O. The first-order valence-electron chi connectivity index (χ1n) is 9.78. The highest BCUT2D eigenvalue weighted by atomic mass is 32.2. The maximum absolute atomic E-state index is 11.4. The summed E-state index contributed by atoms with van der Waals surface area (Å²) in [7, 11) is 0. The number of carbonyl (C=O) groups is 3. The van der Waals surface area contributed by atoms with Crippen molar-refractivity contribution in [3.05, 3.63) is 0 Å². The third-order valence-corrected chi connectivity index (χ3v) is 5.05. The molecule has 0 aromatic carbocycles. The van der Waals surface area contributed by atoms with E-state index in [9.17, 15) is 24.6 Å². The molecule has 13 heteroatoms. The smallest absolute Gasteiger partial charge is 0.320 e. The Morgan fingerprint density at radius 3 is 1.84 bits per heavy atom. The molecule has 0 radical (unpaired) electrons. The van der Waals surface area contributed by atoms with Gasteiger partial charge in [-0.05, 0) is 25.0 Å². The number of nitrogens with zero attached hydrogens (tertiary/aromatic N) is 1. The van der Waals surface area contributed by atoms with Crippen LogP contribution < -0.4 is 0 Å². The summed E-state index contributed by atoms with van der Waals surface area (Å²) in [5, 5.41) is 54.6. The Balaban J connectivity index is 3.99. The van der Waals surface area contributed by atoms with Crippen molar-refractivity contribution in [2.24, 2.45) is 0 Å². The van der Waals surface area contributed by atoms with E-state index in [-0.39, 0.29) is 32.0 Å². The molecule has 0 bridgehead atoms. The van der Waals surface area contributed by atoms with Crippen LogP contribution in [-0.4, -0.2) is 129 Å². The first kappa shape index (κ1) is 29.5. The van der Waals surface area contributed by atoms with E-state index in [2.05, 4.69) is 0 Å². The molecule has 12 nitrogen and oxygen atoms in total. The Kier molecular flexibility index (Phi) is 17.3. The predicted molar refractivity (Wildman–Crippen MR) is 110 cm³/mol. The number of rotatable bonds is 21. The number of thioether (sulfide) groups is 1. The Labute approximate surface area is 184 Å². The maximum Gasteiger partial charge on any atom is 0.320 e. The van der Waals surface area contributed by atoms with Crippen molar-refractivity contribution in [1.29, 1.82) is 0 Å². The number of aliphatic hydroxyl groups excluding tert-OH is 3. The van der Waals surface area contributed by atoms with Crippen LogP contribution in [0.25, 0.3) is 0 Å². The van der Waals surface area contributed by atoms with E-state index in [0.717, 1.165) is 4.90 Å². The van der Waals surface area contributed by atoms with Gasteiger partial charge in [0.15, 0.2) is 0 Å². The molecule has 0 spiro atoms. The summed E-state index contributed by atoms with van der Waals surface area (Å²) in [4.78, 5) is 34.0. The Morgan fingerprint density at radius 2 is 1.39 bits per heavy atom. The van der Waals surface area contributed by atoms with Crippen LogP contribution in [0.2, 0.25) is 0 Å². The first-order chi connectivity index (χ1) is 14.7. The van der Waals surface area contributed by atoms with Crippen LogP contribution in [0.3, 0.4) is 0 Å². The van der Waals surface area contributed by atoms with Crippen molar-refractivity contribution in [2.45, 2.75) is 37.5 Å². The van der Waals surface area contributed by atoms with E-state index in [0.29, 0.717) is 31.8 Å². The van der Waals surface area contributed by atoms with Crippen LogP contribution >= 0.6 is 11.8 Å². The zero-order valence-electron chi connectivity index (χ0n) is 17.3. The molecule has 31 heavy (non-hydrogen) atoms. The van der Waals surface area contributed by atoms with Gasteiger partial charge < -0.3 is 40.1 Å². The minimum absolute atomic E-state index is 0.0269. The number of hydrogen-bond acceptors (Lipinski definition) is 10. The van der Waals surface area contributed by atoms with Crippen LogP contribution in [0.15, 0.2) is 0 Å². The number of aliphatic hydroxyl groups is 3. The molecule has 0 heterocycles.